The standard InChI is InChI=1S/C19H18ClN5/c1-12(13-5-3-2-4-6-13)16-11-17(21)23-19(22)18(16)25-24-15-9-7-14(20)8-10-15/h2-12H,1H3,(H4,21,22,23). The van der Waals surface area contributed by atoms with Gasteiger partial charge in [0, 0.05) is 10.9 Å². The highest BCUT2D eigenvalue weighted by atomic mass is 35.5. The van der Waals surface area contributed by atoms with Crippen LogP contribution in [0.25, 0.3) is 0 Å². The second-order valence-corrected chi connectivity index (χ2v) is 6.12. The molecule has 0 saturated carbocycles. The normalized spacial score (nSPS) is 12.4. The number of nitrogens with two attached hydrogens (primary N) is 2. The zero-order valence-corrected chi connectivity index (χ0v) is 14.5. The van der Waals surface area contributed by atoms with Crippen LogP contribution >= 0.6 is 11.6 Å². The number of pyridine rings is 1. The van der Waals surface area contributed by atoms with Gasteiger partial charge < -0.3 is 11.5 Å². The molecule has 3 aromatic rings. The van der Waals surface area contributed by atoms with E-state index in [2.05, 4.69) is 34.3 Å². The molecule has 3 rings (SSSR count). The first kappa shape index (κ1) is 16.9. The highest BCUT2D eigenvalue weighted by Gasteiger charge is 2.17. The zero-order valence-electron chi connectivity index (χ0n) is 13.7. The molecule has 1 aromatic heterocycles. The van der Waals surface area contributed by atoms with Crippen LogP contribution in [0.2, 0.25) is 5.02 Å². The number of azo groups is 1. The van der Waals surface area contributed by atoms with Crippen molar-refractivity contribution in [2.24, 2.45) is 10.2 Å². The summed E-state index contributed by atoms with van der Waals surface area (Å²) in [6, 6.07) is 19.0. The van der Waals surface area contributed by atoms with Crippen LogP contribution in [-0.2, 0) is 0 Å². The molecule has 0 aliphatic carbocycles. The van der Waals surface area contributed by atoms with Crippen molar-refractivity contribution in [1.82, 2.24) is 4.98 Å². The molecule has 1 heterocycles. The molecular formula is C19H18ClN5. The summed E-state index contributed by atoms with van der Waals surface area (Å²) in [5, 5.41) is 9.23. The monoisotopic (exact) mass is 351 g/mol. The fourth-order valence-electron chi connectivity index (χ4n) is 2.58. The van der Waals surface area contributed by atoms with Gasteiger partial charge in [-0.2, -0.15) is 5.11 Å². The molecule has 5 nitrogen and oxygen atoms in total. The van der Waals surface area contributed by atoms with Gasteiger partial charge >= 0.3 is 0 Å². The van der Waals surface area contributed by atoms with Gasteiger partial charge in [-0.25, -0.2) is 4.98 Å². The Morgan fingerprint density at radius 2 is 1.64 bits per heavy atom. The van der Waals surface area contributed by atoms with Gasteiger partial charge in [-0.15, -0.1) is 5.11 Å². The number of benzene rings is 2. The molecule has 25 heavy (non-hydrogen) atoms. The van der Waals surface area contributed by atoms with E-state index < -0.39 is 0 Å². The second-order valence-electron chi connectivity index (χ2n) is 5.68. The van der Waals surface area contributed by atoms with Gasteiger partial charge in [0.2, 0.25) is 0 Å². The Bertz CT molecular complexity index is 892. The van der Waals surface area contributed by atoms with Crippen LogP contribution in [0.5, 0.6) is 0 Å². The van der Waals surface area contributed by atoms with Gasteiger partial charge in [0.15, 0.2) is 5.82 Å². The Kier molecular flexibility index (Phi) is 4.95. The van der Waals surface area contributed by atoms with E-state index in [1.807, 2.05) is 18.2 Å². The van der Waals surface area contributed by atoms with Crippen LogP contribution in [0.15, 0.2) is 70.9 Å². The lowest BCUT2D eigenvalue weighted by atomic mass is 9.92. The summed E-state index contributed by atoms with van der Waals surface area (Å²) < 4.78 is 0. The van der Waals surface area contributed by atoms with Crippen LogP contribution in [-0.4, -0.2) is 4.98 Å². The minimum absolute atomic E-state index is 0.0490. The minimum atomic E-state index is 0.0490. The van der Waals surface area contributed by atoms with Crippen LogP contribution in [0.3, 0.4) is 0 Å². The molecule has 0 spiro atoms. The van der Waals surface area contributed by atoms with E-state index in [-0.39, 0.29) is 11.7 Å². The first-order chi connectivity index (χ1) is 12.0. The number of hydrogen-bond donors (Lipinski definition) is 2. The van der Waals surface area contributed by atoms with Gasteiger partial charge in [-0.05, 0) is 41.5 Å². The molecule has 1 unspecified atom stereocenters. The lowest BCUT2D eigenvalue weighted by Gasteiger charge is -2.16. The maximum absolute atomic E-state index is 6.06. The predicted molar refractivity (Wildman–Crippen MR) is 103 cm³/mol. The van der Waals surface area contributed by atoms with E-state index in [0.29, 0.717) is 22.2 Å². The topological polar surface area (TPSA) is 89.6 Å². The third kappa shape index (κ3) is 3.95. The summed E-state index contributed by atoms with van der Waals surface area (Å²) in [4.78, 5) is 4.12. The average Bonchev–Trinajstić information content (AvgIpc) is 2.62. The summed E-state index contributed by atoms with van der Waals surface area (Å²) in [6.07, 6.45) is 0. The predicted octanol–water partition coefficient (Wildman–Crippen LogP) is 5.47. The summed E-state index contributed by atoms with van der Waals surface area (Å²) in [5.41, 5.74) is 15.2. The minimum Gasteiger partial charge on any atom is -0.384 e. The number of hydrogen-bond acceptors (Lipinski definition) is 5. The summed E-state index contributed by atoms with van der Waals surface area (Å²) in [5.74, 6) is 0.671. The molecule has 0 aliphatic heterocycles. The van der Waals surface area contributed by atoms with Crippen LogP contribution in [0, 0.1) is 0 Å². The highest BCUT2D eigenvalue weighted by molar-refractivity contribution is 6.30. The maximum Gasteiger partial charge on any atom is 0.154 e. The number of nitrogen functional groups attached to an aromatic ring is 2. The molecule has 126 valence electrons. The Labute approximate surface area is 151 Å². The lowest BCUT2D eigenvalue weighted by molar-refractivity contribution is 0.915. The Morgan fingerprint density at radius 3 is 2.32 bits per heavy atom. The highest BCUT2D eigenvalue weighted by Crippen LogP contribution is 2.37. The van der Waals surface area contributed by atoms with Gasteiger partial charge in [-0.3, -0.25) is 0 Å². The van der Waals surface area contributed by atoms with Gasteiger partial charge in [-0.1, -0.05) is 48.9 Å². The number of anilines is 2. The van der Waals surface area contributed by atoms with E-state index in [9.17, 15) is 0 Å². The second kappa shape index (κ2) is 7.32. The summed E-state index contributed by atoms with van der Waals surface area (Å²) in [7, 11) is 0. The Hall–Kier alpha value is -2.92. The molecule has 0 fully saturated rings. The van der Waals surface area contributed by atoms with Crippen molar-refractivity contribution in [2.45, 2.75) is 12.8 Å². The molecule has 0 amide bonds. The lowest BCUT2D eigenvalue weighted by Crippen LogP contribution is -2.03. The molecule has 6 heteroatoms. The molecule has 0 bridgehead atoms. The van der Waals surface area contributed by atoms with E-state index in [1.165, 1.54) is 0 Å². The van der Waals surface area contributed by atoms with Gasteiger partial charge in [0.1, 0.15) is 11.5 Å². The van der Waals surface area contributed by atoms with Crippen molar-refractivity contribution in [3.8, 4) is 0 Å². The third-order valence-corrected chi connectivity index (χ3v) is 4.18. The molecule has 0 saturated heterocycles. The van der Waals surface area contributed by atoms with Crippen molar-refractivity contribution < 1.29 is 0 Å². The number of nitrogens with zero attached hydrogens (tertiary/aromatic N) is 3. The molecule has 2 aromatic carbocycles. The van der Waals surface area contributed by atoms with Crippen LogP contribution < -0.4 is 11.5 Å². The Balaban J connectivity index is 2.02. The van der Waals surface area contributed by atoms with E-state index in [0.717, 1.165) is 11.1 Å². The average molecular weight is 352 g/mol. The Morgan fingerprint density at radius 1 is 0.960 bits per heavy atom. The van der Waals surface area contributed by atoms with E-state index in [4.69, 9.17) is 23.1 Å². The smallest absolute Gasteiger partial charge is 0.154 e. The number of aromatic nitrogens is 1. The first-order valence-electron chi connectivity index (χ1n) is 7.82. The third-order valence-electron chi connectivity index (χ3n) is 3.93. The number of halogens is 1. The summed E-state index contributed by atoms with van der Waals surface area (Å²) >= 11 is 5.89. The van der Waals surface area contributed by atoms with Crippen molar-refractivity contribution in [2.75, 3.05) is 11.5 Å². The van der Waals surface area contributed by atoms with Crippen molar-refractivity contribution in [3.63, 3.8) is 0 Å². The largest absolute Gasteiger partial charge is 0.384 e. The fourth-order valence-corrected chi connectivity index (χ4v) is 2.70. The zero-order chi connectivity index (χ0) is 17.8. The maximum atomic E-state index is 6.06. The van der Waals surface area contributed by atoms with Crippen molar-refractivity contribution in [1.29, 1.82) is 0 Å². The van der Waals surface area contributed by atoms with Crippen molar-refractivity contribution in [3.05, 3.63) is 76.8 Å². The molecule has 0 aliphatic rings. The fraction of sp³-hybridized carbons (Fsp3) is 0.105. The van der Waals surface area contributed by atoms with Gasteiger partial charge in [0.25, 0.3) is 0 Å². The van der Waals surface area contributed by atoms with E-state index in [1.54, 1.807) is 30.3 Å². The molecular weight excluding hydrogens is 334 g/mol. The first-order valence-corrected chi connectivity index (χ1v) is 8.20. The quantitative estimate of drug-likeness (QED) is 0.611. The van der Waals surface area contributed by atoms with Crippen LogP contribution in [0.4, 0.5) is 23.0 Å². The SMILES string of the molecule is CC(c1ccccc1)c1cc(N)nc(N)c1N=Nc1ccc(Cl)cc1. The molecule has 4 N–H and O–H groups in total. The molecule has 0 radical (unpaired) electrons. The summed E-state index contributed by atoms with van der Waals surface area (Å²) in [6.45, 7) is 2.07. The van der Waals surface area contributed by atoms with Crippen LogP contribution in [0.1, 0.15) is 24.0 Å². The van der Waals surface area contributed by atoms with Gasteiger partial charge in [0.05, 0.1) is 5.69 Å². The van der Waals surface area contributed by atoms with Crippen molar-refractivity contribution >= 4 is 34.6 Å². The molecule has 1 atom stereocenters. The number of rotatable bonds is 4. The van der Waals surface area contributed by atoms with E-state index >= 15 is 0 Å².